The molecule has 186 valence electrons. The van der Waals surface area contributed by atoms with E-state index in [9.17, 15) is 14.0 Å². The van der Waals surface area contributed by atoms with E-state index in [1.165, 1.54) is 17.0 Å². The van der Waals surface area contributed by atoms with Crippen LogP contribution in [0.5, 0.6) is 5.75 Å². The Balaban J connectivity index is 1.80. The maximum absolute atomic E-state index is 14.0. The second-order valence-electron chi connectivity index (χ2n) is 9.15. The quantitative estimate of drug-likeness (QED) is 0.463. The van der Waals surface area contributed by atoms with Gasteiger partial charge in [-0.1, -0.05) is 39.8 Å². The molecule has 8 nitrogen and oxygen atoms in total. The summed E-state index contributed by atoms with van der Waals surface area (Å²) in [5, 5.41) is 10.1. The Bertz CT molecular complexity index is 1170. The predicted octanol–water partition coefficient (Wildman–Crippen LogP) is 5.20. The van der Waals surface area contributed by atoms with E-state index in [4.69, 9.17) is 9.84 Å². The van der Waals surface area contributed by atoms with Gasteiger partial charge in [-0.15, -0.1) is 0 Å². The Morgan fingerprint density at radius 2 is 1.77 bits per heavy atom. The van der Waals surface area contributed by atoms with Crippen LogP contribution >= 0.6 is 0 Å². The number of para-hydroxylation sites is 1. The SMILES string of the molecule is CCCN(CC(=O)Nc1cc(C(C)(C)C)nn1-c1ccc(OC)cc1)C(=O)Nc1ccccc1F. The molecule has 0 atom stereocenters. The van der Waals surface area contributed by atoms with Gasteiger partial charge in [0.25, 0.3) is 0 Å². The largest absolute Gasteiger partial charge is 0.497 e. The number of carbonyl (C=O) groups is 2. The molecule has 1 heterocycles. The van der Waals surface area contributed by atoms with E-state index in [1.54, 1.807) is 23.9 Å². The first-order valence-electron chi connectivity index (χ1n) is 11.5. The summed E-state index contributed by atoms with van der Waals surface area (Å²) < 4.78 is 20.9. The van der Waals surface area contributed by atoms with Gasteiger partial charge in [-0.2, -0.15) is 5.10 Å². The number of nitrogens with one attached hydrogen (secondary N) is 2. The van der Waals surface area contributed by atoms with E-state index in [0.29, 0.717) is 24.5 Å². The number of anilines is 2. The molecule has 1 aromatic heterocycles. The fourth-order valence-electron chi connectivity index (χ4n) is 3.39. The predicted molar refractivity (Wildman–Crippen MR) is 135 cm³/mol. The van der Waals surface area contributed by atoms with E-state index in [-0.39, 0.29) is 17.6 Å². The molecule has 0 saturated heterocycles. The topological polar surface area (TPSA) is 88.5 Å². The van der Waals surface area contributed by atoms with E-state index in [0.717, 1.165) is 11.4 Å². The fourth-order valence-corrected chi connectivity index (χ4v) is 3.39. The molecule has 35 heavy (non-hydrogen) atoms. The number of aromatic nitrogens is 2. The van der Waals surface area contributed by atoms with Gasteiger partial charge in [0.05, 0.1) is 24.2 Å². The molecule has 0 aliphatic rings. The molecule has 3 amide bonds. The maximum Gasteiger partial charge on any atom is 0.322 e. The summed E-state index contributed by atoms with van der Waals surface area (Å²) in [5.74, 6) is 0.256. The molecule has 0 radical (unpaired) electrons. The molecule has 0 bridgehead atoms. The zero-order valence-electron chi connectivity index (χ0n) is 20.8. The van der Waals surface area contributed by atoms with Crippen LogP contribution in [0.25, 0.3) is 5.69 Å². The van der Waals surface area contributed by atoms with Gasteiger partial charge in [-0.25, -0.2) is 13.9 Å². The van der Waals surface area contributed by atoms with Gasteiger partial charge in [-0.3, -0.25) is 4.79 Å². The summed E-state index contributed by atoms with van der Waals surface area (Å²) in [5.41, 5.74) is 1.36. The number of urea groups is 1. The lowest BCUT2D eigenvalue weighted by Gasteiger charge is -2.22. The lowest BCUT2D eigenvalue weighted by molar-refractivity contribution is -0.116. The Kier molecular flexibility index (Phi) is 8.11. The van der Waals surface area contributed by atoms with Crippen LogP contribution in [0.2, 0.25) is 0 Å². The molecule has 0 saturated carbocycles. The summed E-state index contributed by atoms with van der Waals surface area (Å²) in [6, 6.07) is 14.5. The third-order valence-electron chi connectivity index (χ3n) is 5.29. The molecule has 0 fully saturated rings. The number of nitrogens with zero attached hydrogens (tertiary/aromatic N) is 3. The van der Waals surface area contributed by atoms with Crippen LogP contribution < -0.4 is 15.4 Å². The van der Waals surface area contributed by atoms with Gasteiger partial charge in [0.15, 0.2) is 0 Å². The molecule has 2 N–H and O–H groups in total. The molecule has 0 aliphatic heterocycles. The number of hydrogen-bond donors (Lipinski definition) is 2. The summed E-state index contributed by atoms with van der Waals surface area (Å²) >= 11 is 0. The van der Waals surface area contributed by atoms with Crippen LogP contribution in [-0.2, 0) is 10.2 Å². The molecule has 9 heteroatoms. The summed E-state index contributed by atoms with van der Waals surface area (Å²) in [6.07, 6.45) is 0.635. The average Bonchev–Trinajstić information content (AvgIpc) is 3.24. The molecule has 3 rings (SSSR count). The van der Waals surface area contributed by atoms with Crippen LogP contribution in [-0.4, -0.2) is 46.8 Å². The zero-order valence-corrected chi connectivity index (χ0v) is 20.8. The highest BCUT2D eigenvalue weighted by molar-refractivity contribution is 5.96. The standard InChI is InChI=1S/C26H32FN5O3/c1-6-15-31(25(34)28-21-10-8-7-9-20(21)27)17-24(33)29-23-16-22(26(2,3)4)30-32(23)18-11-13-19(35-5)14-12-18/h7-14,16H,6,15,17H2,1-5H3,(H,28,34)(H,29,33). The molecular weight excluding hydrogens is 449 g/mol. The molecule has 0 aliphatic carbocycles. The Hall–Kier alpha value is -3.88. The van der Waals surface area contributed by atoms with E-state index >= 15 is 0 Å². The first-order valence-corrected chi connectivity index (χ1v) is 11.5. The number of methoxy groups -OCH3 is 1. The van der Waals surface area contributed by atoms with E-state index in [1.807, 2.05) is 58.0 Å². The van der Waals surface area contributed by atoms with Gasteiger partial charge < -0.3 is 20.3 Å². The molecule has 3 aromatic rings. The highest BCUT2D eigenvalue weighted by Gasteiger charge is 2.23. The van der Waals surface area contributed by atoms with Crippen molar-refractivity contribution in [3.63, 3.8) is 0 Å². The highest BCUT2D eigenvalue weighted by Crippen LogP contribution is 2.27. The third-order valence-corrected chi connectivity index (χ3v) is 5.29. The lowest BCUT2D eigenvalue weighted by Crippen LogP contribution is -2.41. The highest BCUT2D eigenvalue weighted by atomic mass is 19.1. The first kappa shape index (κ1) is 25.7. The zero-order chi connectivity index (χ0) is 25.6. The Morgan fingerprint density at radius 3 is 2.37 bits per heavy atom. The van der Waals surface area contributed by atoms with Crippen molar-refractivity contribution < 1.29 is 18.7 Å². The maximum atomic E-state index is 14.0. The second-order valence-corrected chi connectivity index (χ2v) is 9.15. The van der Waals surface area contributed by atoms with Gasteiger partial charge in [0.1, 0.15) is 23.9 Å². The number of ether oxygens (including phenoxy) is 1. The smallest absolute Gasteiger partial charge is 0.322 e. The monoisotopic (exact) mass is 481 g/mol. The third kappa shape index (κ3) is 6.59. The van der Waals surface area contributed by atoms with Crippen molar-refractivity contribution in [3.8, 4) is 11.4 Å². The summed E-state index contributed by atoms with van der Waals surface area (Å²) in [4.78, 5) is 27.1. The van der Waals surface area contributed by atoms with E-state index < -0.39 is 17.8 Å². The van der Waals surface area contributed by atoms with Crippen LogP contribution in [0.1, 0.15) is 39.8 Å². The first-order chi connectivity index (χ1) is 16.6. The van der Waals surface area contributed by atoms with E-state index in [2.05, 4.69) is 10.6 Å². The van der Waals surface area contributed by atoms with Gasteiger partial charge in [-0.05, 0) is 42.8 Å². The summed E-state index contributed by atoms with van der Waals surface area (Å²) in [6.45, 7) is 8.14. The molecular formula is C26H32FN5O3. The molecule has 2 aromatic carbocycles. The molecule has 0 spiro atoms. The molecule has 0 unspecified atom stereocenters. The van der Waals surface area contributed by atoms with Gasteiger partial charge in [0, 0.05) is 18.0 Å². The Morgan fingerprint density at radius 1 is 1.09 bits per heavy atom. The minimum Gasteiger partial charge on any atom is -0.497 e. The number of benzene rings is 2. The minimum absolute atomic E-state index is 0.0615. The minimum atomic E-state index is -0.550. The number of rotatable bonds is 8. The average molecular weight is 482 g/mol. The Labute approximate surface area is 205 Å². The van der Waals surface area contributed by atoms with Crippen molar-refractivity contribution >= 4 is 23.4 Å². The second kappa shape index (κ2) is 11.0. The van der Waals surface area contributed by atoms with Crippen LogP contribution in [0.4, 0.5) is 20.7 Å². The number of hydrogen-bond acceptors (Lipinski definition) is 4. The summed E-state index contributed by atoms with van der Waals surface area (Å²) in [7, 11) is 1.59. The van der Waals surface area contributed by atoms with Gasteiger partial charge in [0.2, 0.25) is 5.91 Å². The van der Waals surface area contributed by atoms with Crippen LogP contribution in [0.3, 0.4) is 0 Å². The van der Waals surface area contributed by atoms with Crippen molar-refractivity contribution in [3.05, 3.63) is 66.1 Å². The van der Waals surface area contributed by atoms with Crippen LogP contribution in [0.15, 0.2) is 54.6 Å². The number of halogens is 1. The fraction of sp³-hybridized carbons (Fsp3) is 0.346. The van der Waals surface area contributed by atoms with Crippen molar-refractivity contribution in [2.45, 2.75) is 39.5 Å². The van der Waals surface area contributed by atoms with Crippen LogP contribution in [0, 0.1) is 5.82 Å². The van der Waals surface area contributed by atoms with Crippen molar-refractivity contribution in [2.75, 3.05) is 30.8 Å². The van der Waals surface area contributed by atoms with Crippen molar-refractivity contribution in [1.82, 2.24) is 14.7 Å². The van der Waals surface area contributed by atoms with Crippen molar-refractivity contribution in [2.24, 2.45) is 0 Å². The van der Waals surface area contributed by atoms with Gasteiger partial charge >= 0.3 is 6.03 Å². The normalized spacial score (nSPS) is 11.1. The van der Waals surface area contributed by atoms with Crippen molar-refractivity contribution in [1.29, 1.82) is 0 Å². The number of amides is 3. The lowest BCUT2D eigenvalue weighted by atomic mass is 9.92. The number of carbonyl (C=O) groups excluding carboxylic acids is 2.